The zero-order valence-electron chi connectivity index (χ0n) is 11.2. The van der Waals surface area contributed by atoms with Gasteiger partial charge in [0, 0.05) is 29.4 Å². The van der Waals surface area contributed by atoms with Gasteiger partial charge in [0.1, 0.15) is 0 Å². The second kappa shape index (κ2) is 5.94. The topological polar surface area (TPSA) is 23.5 Å². The van der Waals surface area contributed by atoms with Crippen molar-refractivity contribution in [3.05, 3.63) is 28.8 Å². The lowest BCUT2D eigenvalue weighted by atomic mass is 9.86. The number of benzene rings is 1. The van der Waals surface area contributed by atoms with Gasteiger partial charge in [0.25, 0.3) is 0 Å². The summed E-state index contributed by atoms with van der Waals surface area (Å²) in [6.07, 6.45) is 5.10. The molecule has 2 atom stereocenters. The first kappa shape index (κ1) is 13.7. The lowest BCUT2D eigenvalue weighted by Crippen LogP contribution is -2.36. The molecule has 0 bridgehead atoms. The lowest BCUT2D eigenvalue weighted by molar-refractivity contribution is 0.281. The lowest BCUT2D eigenvalue weighted by Gasteiger charge is -2.36. The Morgan fingerprint density at radius 2 is 2.17 bits per heavy atom. The molecule has 0 spiro atoms. The number of nitrogens with zero attached hydrogens (tertiary/aromatic N) is 1. The highest BCUT2D eigenvalue weighted by Gasteiger charge is 2.24. The summed E-state index contributed by atoms with van der Waals surface area (Å²) < 4.78 is 0. The molecule has 1 aromatic carbocycles. The first-order valence-electron chi connectivity index (χ1n) is 6.74. The molecule has 0 amide bonds. The summed E-state index contributed by atoms with van der Waals surface area (Å²) in [6, 6.07) is 6.42. The highest BCUT2D eigenvalue weighted by molar-refractivity contribution is 6.31. The molecule has 0 heterocycles. The van der Waals surface area contributed by atoms with Crippen LogP contribution < -0.4 is 4.90 Å². The minimum atomic E-state index is 0.00161. The minimum Gasteiger partial charge on any atom is -0.392 e. The molecule has 1 fully saturated rings. The number of halogens is 1. The van der Waals surface area contributed by atoms with Gasteiger partial charge in [-0.1, -0.05) is 37.4 Å². The van der Waals surface area contributed by atoms with Gasteiger partial charge in [0.05, 0.1) is 6.61 Å². The zero-order chi connectivity index (χ0) is 13.1. The molecule has 0 radical (unpaired) electrons. The molecule has 1 saturated carbocycles. The van der Waals surface area contributed by atoms with Crippen LogP contribution in [0.2, 0.25) is 5.02 Å². The summed E-state index contributed by atoms with van der Waals surface area (Å²) >= 11 is 6.15. The van der Waals surface area contributed by atoms with E-state index in [1.165, 1.54) is 25.7 Å². The molecule has 0 aliphatic heterocycles. The summed E-state index contributed by atoms with van der Waals surface area (Å²) in [4.78, 5) is 2.30. The van der Waals surface area contributed by atoms with Gasteiger partial charge in [0.2, 0.25) is 0 Å². The van der Waals surface area contributed by atoms with Crippen molar-refractivity contribution in [2.45, 2.75) is 45.3 Å². The Kier molecular flexibility index (Phi) is 4.52. The maximum Gasteiger partial charge on any atom is 0.0716 e. The molecule has 0 aromatic heterocycles. The number of hydrogen-bond donors (Lipinski definition) is 1. The Balaban J connectivity index is 2.22. The fourth-order valence-corrected chi connectivity index (χ4v) is 3.21. The van der Waals surface area contributed by atoms with Crippen LogP contribution in [0.25, 0.3) is 0 Å². The summed E-state index contributed by atoms with van der Waals surface area (Å²) in [7, 11) is 2.12. The smallest absolute Gasteiger partial charge is 0.0716 e. The largest absolute Gasteiger partial charge is 0.392 e. The molecule has 1 aliphatic carbocycles. The molecule has 100 valence electrons. The molecular formula is C15H22ClNO. The number of anilines is 1. The minimum absolute atomic E-state index is 0.00161. The van der Waals surface area contributed by atoms with Crippen LogP contribution in [0.4, 0.5) is 5.69 Å². The first-order valence-corrected chi connectivity index (χ1v) is 7.12. The SMILES string of the molecule is CC1CCCC(N(C)c2cccc(Cl)c2CO)C1. The fourth-order valence-electron chi connectivity index (χ4n) is 2.98. The van der Waals surface area contributed by atoms with Crippen molar-refractivity contribution in [2.75, 3.05) is 11.9 Å². The van der Waals surface area contributed by atoms with Gasteiger partial charge in [-0.05, 0) is 30.9 Å². The van der Waals surface area contributed by atoms with Crippen LogP contribution in [0.1, 0.15) is 38.2 Å². The maximum absolute atomic E-state index is 9.49. The third kappa shape index (κ3) is 2.81. The van der Waals surface area contributed by atoms with Crippen LogP contribution in [0, 0.1) is 5.92 Å². The zero-order valence-corrected chi connectivity index (χ0v) is 12.0. The van der Waals surface area contributed by atoms with E-state index >= 15 is 0 Å². The van der Waals surface area contributed by atoms with Gasteiger partial charge in [-0.25, -0.2) is 0 Å². The van der Waals surface area contributed by atoms with E-state index in [-0.39, 0.29) is 6.61 Å². The normalized spacial score (nSPS) is 24.0. The average molecular weight is 268 g/mol. The molecule has 1 N–H and O–H groups in total. The number of rotatable bonds is 3. The van der Waals surface area contributed by atoms with Crippen molar-refractivity contribution in [3.63, 3.8) is 0 Å². The van der Waals surface area contributed by atoms with E-state index in [4.69, 9.17) is 11.6 Å². The van der Waals surface area contributed by atoms with Gasteiger partial charge in [0.15, 0.2) is 0 Å². The van der Waals surface area contributed by atoms with E-state index < -0.39 is 0 Å². The summed E-state index contributed by atoms with van der Waals surface area (Å²) in [6.45, 7) is 2.33. The van der Waals surface area contributed by atoms with Crippen LogP contribution in [0.5, 0.6) is 0 Å². The number of hydrogen-bond acceptors (Lipinski definition) is 2. The van der Waals surface area contributed by atoms with E-state index in [1.54, 1.807) is 0 Å². The molecule has 2 nitrogen and oxygen atoms in total. The summed E-state index contributed by atoms with van der Waals surface area (Å²) in [5.41, 5.74) is 1.92. The Labute approximate surface area is 115 Å². The Morgan fingerprint density at radius 1 is 1.39 bits per heavy atom. The predicted molar refractivity (Wildman–Crippen MR) is 77.2 cm³/mol. The van der Waals surface area contributed by atoms with E-state index in [0.29, 0.717) is 11.1 Å². The van der Waals surface area contributed by atoms with Crippen molar-refractivity contribution in [1.82, 2.24) is 0 Å². The van der Waals surface area contributed by atoms with Crippen molar-refractivity contribution in [1.29, 1.82) is 0 Å². The molecular weight excluding hydrogens is 246 g/mol. The molecule has 2 rings (SSSR count). The maximum atomic E-state index is 9.49. The van der Waals surface area contributed by atoms with Crippen molar-refractivity contribution >= 4 is 17.3 Å². The Hall–Kier alpha value is -0.730. The van der Waals surface area contributed by atoms with Crippen LogP contribution in [0.15, 0.2) is 18.2 Å². The molecule has 1 aromatic rings. The second-order valence-corrected chi connectivity index (χ2v) is 5.84. The highest BCUT2D eigenvalue weighted by atomic mass is 35.5. The third-order valence-electron chi connectivity index (χ3n) is 4.09. The monoisotopic (exact) mass is 267 g/mol. The first-order chi connectivity index (χ1) is 8.63. The fraction of sp³-hybridized carbons (Fsp3) is 0.600. The second-order valence-electron chi connectivity index (χ2n) is 5.43. The van der Waals surface area contributed by atoms with Crippen molar-refractivity contribution in [3.8, 4) is 0 Å². The summed E-state index contributed by atoms with van der Waals surface area (Å²) in [5, 5.41) is 10.1. The van der Waals surface area contributed by atoms with E-state index in [0.717, 1.165) is 17.2 Å². The Bertz CT molecular complexity index is 407. The standard InChI is InChI=1S/C15H22ClNO/c1-11-5-3-6-12(9-11)17(2)15-8-4-7-14(16)13(15)10-18/h4,7-8,11-12,18H,3,5-6,9-10H2,1-2H3. The molecule has 1 aliphatic rings. The van der Waals surface area contributed by atoms with E-state index in [9.17, 15) is 5.11 Å². The molecule has 2 unspecified atom stereocenters. The van der Waals surface area contributed by atoms with Crippen LogP contribution in [-0.2, 0) is 6.61 Å². The highest BCUT2D eigenvalue weighted by Crippen LogP contribution is 2.33. The number of aliphatic hydroxyl groups excluding tert-OH is 1. The molecule has 3 heteroatoms. The Morgan fingerprint density at radius 3 is 2.83 bits per heavy atom. The third-order valence-corrected chi connectivity index (χ3v) is 4.44. The van der Waals surface area contributed by atoms with Crippen LogP contribution in [-0.4, -0.2) is 18.2 Å². The van der Waals surface area contributed by atoms with Crippen molar-refractivity contribution in [2.24, 2.45) is 5.92 Å². The average Bonchev–Trinajstić information content (AvgIpc) is 2.37. The van der Waals surface area contributed by atoms with E-state index in [1.807, 2.05) is 12.1 Å². The van der Waals surface area contributed by atoms with Crippen LogP contribution in [0.3, 0.4) is 0 Å². The number of aliphatic hydroxyl groups is 1. The van der Waals surface area contributed by atoms with E-state index in [2.05, 4.69) is 24.9 Å². The van der Waals surface area contributed by atoms with Crippen LogP contribution >= 0.6 is 11.6 Å². The van der Waals surface area contributed by atoms with Crippen molar-refractivity contribution < 1.29 is 5.11 Å². The quantitative estimate of drug-likeness (QED) is 0.899. The van der Waals surface area contributed by atoms with Gasteiger partial charge in [-0.3, -0.25) is 0 Å². The predicted octanol–water partition coefficient (Wildman–Crippen LogP) is 3.85. The van der Waals surface area contributed by atoms with Gasteiger partial charge < -0.3 is 10.0 Å². The molecule has 0 saturated heterocycles. The van der Waals surface area contributed by atoms with Gasteiger partial charge in [-0.2, -0.15) is 0 Å². The van der Waals surface area contributed by atoms with Gasteiger partial charge >= 0.3 is 0 Å². The molecule has 18 heavy (non-hydrogen) atoms. The van der Waals surface area contributed by atoms with Gasteiger partial charge in [-0.15, -0.1) is 0 Å². The summed E-state index contributed by atoms with van der Waals surface area (Å²) in [5.74, 6) is 0.794.